The largest absolute Gasteiger partial charge is 0.463 e. The maximum absolute atomic E-state index is 13.0. The maximum atomic E-state index is 13.0. The summed E-state index contributed by atoms with van der Waals surface area (Å²) < 4.78 is 21.4. The summed E-state index contributed by atoms with van der Waals surface area (Å²) in [5, 5.41) is 3.19. The average molecular weight is 389 g/mol. The van der Waals surface area contributed by atoms with Crippen molar-refractivity contribution in [3.8, 4) is 0 Å². The topological polar surface area (TPSA) is 83.1 Å². The Bertz CT molecular complexity index is 764. The van der Waals surface area contributed by atoms with E-state index < -0.39 is 24.1 Å². The molecule has 0 aromatic heterocycles. The van der Waals surface area contributed by atoms with Gasteiger partial charge in [0.1, 0.15) is 0 Å². The number of rotatable bonds is 8. The molecule has 1 N–H and O–H groups in total. The quantitative estimate of drug-likeness (QED) is 0.540. The van der Waals surface area contributed by atoms with Crippen LogP contribution in [0.2, 0.25) is 0 Å². The van der Waals surface area contributed by atoms with E-state index in [2.05, 4.69) is 5.32 Å². The lowest BCUT2D eigenvalue weighted by Gasteiger charge is -2.34. The molecule has 7 nitrogen and oxygen atoms in total. The molecule has 152 valence electrons. The summed E-state index contributed by atoms with van der Waals surface area (Å²) >= 11 is 0. The van der Waals surface area contributed by atoms with Crippen LogP contribution >= 0.6 is 0 Å². The van der Waals surface area contributed by atoms with E-state index in [0.29, 0.717) is 11.4 Å². The number of ether oxygens (including phenoxy) is 4. The Balaban J connectivity index is 2.72. The highest BCUT2D eigenvalue weighted by atomic mass is 16.7. The SMILES string of the molecule is CCOC(=O)C1=C(C)NC(c2ccccc2)=C(C(=O)OCC)[C@@H]1C(OC)OC. The van der Waals surface area contributed by atoms with Crippen LogP contribution in [0.25, 0.3) is 5.70 Å². The molecule has 1 atom stereocenters. The second-order valence-corrected chi connectivity index (χ2v) is 6.08. The molecule has 2 rings (SSSR count). The third-order valence-corrected chi connectivity index (χ3v) is 4.40. The van der Waals surface area contributed by atoms with Crippen molar-refractivity contribution in [3.63, 3.8) is 0 Å². The fourth-order valence-electron chi connectivity index (χ4n) is 3.26. The van der Waals surface area contributed by atoms with Crippen LogP contribution in [0.3, 0.4) is 0 Å². The van der Waals surface area contributed by atoms with Crippen LogP contribution in [0.5, 0.6) is 0 Å². The Labute approximate surface area is 165 Å². The van der Waals surface area contributed by atoms with Crippen molar-refractivity contribution in [1.29, 1.82) is 0 Å². The molecule has 0 spiro atoms. The number of hydrogen-bond acceptors (Lipinski definition) is 7. The second-order valence-electron chi connectivity index (χ2n) is 6.08. The first-order chi connectivity index (χ1) is 13.5. The van der Waals surface area contributed by atoms with E-state index >= 15 is 0 Å². The molecule has 1 aliphatic heterocycles. The molecule has 28 heavy (non-hydrogen) atoms. The highest BCUT2D eigenvalue weighted by Crippen LogP contribution is 2.38. The predicted octanol–water partition coefficient (Wildman–Crippen LogP) is 2.64. The lowest BCUT2D eigenvalue weighted by molar-refractivity contribution is -0.150. The average Bonchev–Trinajstić information content (AvgIpc) is 2.69. The summed E-state index contributed by atoms with van der Waals surface area (Å²) in [5.41, 5.74) is 2.43. The lowest BCUT2D eigenvalue weighted by atomic mass is 9.83. The van der Waals surface area contributed by atoms with Crippen molar-refractivity contribution in [3.05, 3.63) is 52.7 Å². The lowest BCUT2D eigenvalue weighted by Crippen LogP contribution is -2.40. The smallest absolute Gasteiger partial charge is 0.336 e. The normalized spacial score (nSPS) is 16.9. The van der Waals surface area contributed by atoms with Crippen LogP contribution < -0.4 is 5.32 Å². The van der Waals surface area contributed by atoms with Crippen molar-refractivity contribution < 1.29 is 28.5 Å². The van der Waals surface area contributed by atoms with Crippen LogP contribution in [0.1, 0.15) is 26.3 Å². The minimum atomic E-state index is -0.880. The van der Waals surface area contributed by atoms with Gasteiger partial charge in [-0.1, -0.05) is 30.3 Å². The Hall–Kier alpha value is -2.64. The summed E-state index contributed by atoms with van der Waals surface area (Å²) in [6, 6.07) is 9.36. The zero-order valence-corrected chi connectivity index (χ0v) is 16.9. The molecular formula is C21H27NO6. The summed E-state index contributed by atoms with van der Waals surface area (Å²) in [4.78, 5) is 25.7. The molecule has 0 aliphatic carbocycles. The van der Waals surface area contributed by atoms with Gasteiger partial charge in [0.05, 0.1) is 36.0 Å². The van der Waals surface area contributed by atoms with E-state index in [1.54, 1.807) is 20.8 Å². The van der Waals surface area contributed by atoms with E-state index in [-0.39, 0.29) is 24.4 Å². The fraction of sp³-hybridized carbons (Fsp3) is 0.429. The van der Waals surface area contributed by atoms with E-state index in [9.17, 15) is 9.59 Å². The second kappa shape index (κ2) is 10.1. The summed E-state index contributed by atoms with van der Waals surface area (Å²) in [5.74, 6) is -1.90. The number of allylic oxidation sites excluding steroid dienone is 1. The van der Waals surface area contributed by atoms with Gasteiger partial charge in [0.25, 0.3) is 0 Å². The molecular weight excluding hydrogens is 362 g/mol. The number of esters is 2. The summed E-state index contributed by atoms with van der Waals surface area (Å²) in [7, 11) is 2.92. The molecule has 1 aromatic carbocycles. The predicted molar refractivity (Wildman–Crippen MR) is 104 cm³/mol. The van der Waals surface area contributed by atoms with Gasteiger partial charge in [0, 0.05) is 19.9 Å². The highest BCUT2D eigenvalue weighted by Gasteiger charge is 2.43. The molecule has 0 unspecified atom stereocenters. The van der Waals surface area contributed by atoms with E-state index in [4.69, 9.17) is 18.9 Å². The molecule has 0 bridgehead atoms. The first-order valence-corrected chi connectivity index (χ1v) is 9.17. The summed E-state index contributed by atoms with van der Waals surface area (Å²) in [6.07, 6.45) is -0.880. The molecule has 0 saturated heterocycles. The summed E-state index contributed by atoms with van der Waals surface area (Å²) in [6.45, 7) is 5.60. The number of methoxy groups -OCH3 is 2. The van der Waals surface area contributed by atoms with E-state index in [0.717, 1.165) is 5.56 Å². The van der Waals surface area contributed by atoms with Gasteiger partial charge in [0.15, 0.2) is 6.29 Å². The van der Waals surface area contributed by atoms with Crippen molar-refractivity contribution in [2.24, 2.45) is 5.92 Å². The number of dihydropyridines is 1. The molecule has 7 heteroatoms. The minimum Gasteiger partial charge on any atom is -0.463 e. The fourth-order valence-corrected chi connectivity index (χ4v) is 3.26. The van der Waals surface area contributed by atoms with Gasteiger partial charge in [-0.15, -0.1) is 0 Å². The number of hydrogen-bond donors (Lipinski definition) is 1. The molecule has 1 aromatic rings. The van der Waals surface area contributed by atoms with Crippen LogP contribution in [0, 0.1) is 5.92 Å². The Morgan fingerprint density at radius 1 is 0.964 bits per heavy atom. The number of nitrogens with one attached hydrogen (secondary N) is 1. The number of carbonyl (C=O) groups is 2. The molecule has 0 amide bonds. The van der Waals surface area contributed by atoms with Crippen LogP contribution in [0.4, 0.5) is 0 Å². The maximum Gasteiger partial charge on any atom is 0.336 e. The van der Waals surface area contributed by atoms with Crippen molar-refractivity contribution in [2.75, 3.05) is 27.4 Å². The Kier molecular flexibility index (Phi) is 7.78. The van der Waals surface area contributed by atoms with Gasteiger partial charge in [-0.3, -0.25) is 0 Å². The van der Waals surface area contributed by atoms with Gasteiger partial charge < -0.3 is 24.3 Å². The molecule has 0 fully saturated rings. The van der Waals surface area contributed by atoms with Crippen molar-refractivity contribution in [1.82, 2.24) is 5.32 Å². The number of carbonyl (C=O) groups excluding carboxylic acids is 2. The minimum absolute atomic E-state index is 0.194. The molecule has 1 aliphatic rings. The van der Waals surface area contributed by atoms with Gasteiger partial charge in [-0.05, 0) is 26.3 Å². The van der Waals surface area contributed by atoms with Crippen molar-refractivity contribution in [2.45, 2.75) is 27.1 Å². The van der Waals surface area contributed by atoms with Gasteiger partial charge in [-0.25, -0.2) is 9.59 Å². The Morgan fingerprint density at radius 2 is 1.50 bits per heavy atom. The van der Waals surface area contributed by atoms with Gasteiger partial charge >= 0.3 is 11.9 Å². The van der Waals surface area contributed by atoms with E-state index in [1.165, 1.54) is 14.2 Å². The highest BCUT2D eigenvalue weighted by molar-refractivity contribution is 6.03. The van der Waals surface area contributed by atoms with E-state index in [1.807, 2.05) is 30.3 Å². The van der Waals surface area contributed by atoms with Crippen molar-refractivity contribution >= 4 is 17.6 Å². The third kappa shape index (κ3) is 4.43. The molecule has 0 radical (unpaired) electrons. The van der Waals surface area contributed by atoms with Gasteiger partial charge in [0.2, 0.25) is 0 Å². The van der Waals surface area contributed by atoms with Crippen LogP contribution in [-0.2, 0) is 28.5 Å². The van der Waals surface area contributed by atoms with Crippen LogP contribution in [-0.4, -0.2) is 45.7 Å². The third-order valence-electron chi connectivity index (χ3n) is 4.40. The monoisotopic (exact) mass is 389 g/mol. The standard InChI is InChI=1S/C21H27NO6/c1-6-27-19(23)15-13(3)22-18(14-11-9-8-10-12-14)17(20(24)28-7-2)16(15)21(25-4)26-5/h8-12,16,21-22H,6-7H2,1-5H3/t16-/m1/s1. The Morgan fingerprint density at radius 3 is 2.00 bits per heavy atom. The van der Waals surface area contributed by atoms with Crippen LogP contribution in [0.15, 0.2) is 47.2 Å². The zero-order chi connectivity index (χ0) is 20.7. The first kappa shape index (κ1) is 21.7. The number of benzene rings is 1. The molecule has 0 saturated carbocycles. The first-order valence-electron chi connectivity index (χ1n) is 9.17. The molecule has 1 heterocycles. The van der Waals surface area contributed by atoms with Gasteiger partial charge in [-0.2, -0.15) is 0 Å². The zero-order valence-electron chi connectivity index (χ0n) is 16.9.